The number of amides is 1. The highest BCUT2D eigenvalue weighted by atomic mass is 32.2. The second kappa shape index (κ2) is 7.13. The molecular formula is C16H18F3NO2S. The van der Waals surface area contributed by atoms with E-state index in [0.29, 0.717) is 13.2 Å². The molecule has 126 valence electrons. The fraction of sp³-hybridized carbons (Fsp3) is 0.562. The molecule has 0 bridgehead atoms. The lowest BCUT2D eigenvalue weighted by Crippen LogP contribution is -2.45. The number of hydrogen-bond donors (Lipinski definition) is 0. The van der Waals surface area contributed by atoms with Gasteiger partial charge in [-0.15, -0.1) is 0 Å². The number of nitrogens with zero attached hydrogens (tertiary/aromatic N) is 1. The van der Waals surface area contributed by atoms with Gasteiger partial charge in [-0.3, -0.25) is 4.79 Å². The van der Waals surface area contributed by atoms with Gasteiger partial charge in [-0.2, -0.15) is 11.8 Å². The third-order valence-electron chi connectivity index (χ3n) is 4.30. The summed E-state index contributed by atoms with van der Waals surface area (Å²) in [6.07, 6.45) is 2.53. The average molecular weight is 345 g/mol. The Morgan fingerprint density at radius 3 is 2.74 bits per heavy atom. The first kappa shape index (κ1) is 16.6. The Labute approximate surface area is 137 Å². The average Bonchev–Trinajstić information content (AvgIpc) is 3.23. The quantitative estimate of drug-likeness (QED) is 0.785. The van der Waals surface area contributed by atoms with Crippen LogP contribution in [0.5, 0.6) is 0 Å². The molecule has 1 aromatic carbocycles. The third-order valence-corrected chi connectivity index (χ3v) is 5.44. The van der Waals surface area contributed by atoms with Gasteiger partial charge >= 0.3 is 0 Å². The van der Waals surface area contributed by atoms with Crippen LogP contribution in [0.15, 0.2) is 12.1 Å². The van der Waals surface area contributed by atoms with Gasteiger partial charge in [0.25, 0.3) is 5.91 Å². The van der Waals surface area contributed by atoms with Gasteiger partial charge in [0.1, 0.15) is 0 Å². The molecular weight excluding hydrogens is 327 g/mol. The number of carbonyl (C=O) groups is 1. The molecule has 2 heterocycles. The van der Waals surface area contributed by atoms with Crippen LogP contribution in [0.4, 0.5) is 13.2 Å². The molecule has 2 fully saturated rings. The molecule has 23 heavy (non-hydrogen) atoms. The van der Waals surface area contributed by atoms with E-state index in [1.807, 2.05) is 0 Å². The van der Waals surface area contributed by atoms with Gasteiger partial charge in [-0.05, 0) is 37.1 Å². The zero-order chi connectivity index (χ0) is 16.4. The predicted molar refractivity (Wildman–Crippen MR) is 82.1 cm³/mol. The minimum Gasteiger partial charge on any atom is -0.376 e. The van der Waals surface area contributed by atoms with E-state index in [1.54, 1.807) is 16.7 Å². The van der Waals surface area contributed by atoms with Crippen LogP contribution < -0.4 is 0 Å². The van der Waals surface area contributed by atoms with Gasteiger partial charge in [0.2, 0.25) is 0 Å². The van der Waals surface area contributed by atoms with Gasteiger partial charge in [0.15, 0.2) is 17.5 Å². The van der Waals surface area contributed by atoms with Crippen LogP contribution in [0, 0.1) is 17.5 Å². The van der Waals surface area contributed by atoms with Crippen LogP contribution in [0.1, 0.15) is 29.6 Å². The largest absolute Gasteiger partial charge is 0.376 e. The maximum absolute atomic E-state index is 14.0. The molecule has 0 aromatic heterocycles. The molecule has 3 rings (SSSR count). The molecule has 2 aliphatic heterocycles. The summed E-state index contributed by atoms with van der Waals surface area (Å²) in [5.41, 5.74) is -0.418. The van der Waals surface area contributed by atoms with Gasteiger partial charge in [0, 0.05) is 24.9 Å². The Hall–Kier alpha value is -1.21. The monoisotopic (exact) mass is 345 g/mol. The standard InChI is InChI=1S/C16H18F3NO2S/c17-13-4-3-12(14(18)15(13)19)16(21)20(10-5-7-23-9-10)8-11-2-1-6-22-11/h3-4,10-11H,1-2,5-9H2/t10-,11+/m1/s1. The van der Waals surface area contributed by atoms with E-state index in [1.165, 1.54) is 0 Å². The summed E-state index contributed by atoms with van der Waals surface area (Å²) >= 11 is 1.73. The van der Waals surface area contributed by atoms with Crippen molar-refractivity contribution in [1.29, 1.82) is 0 Å². The number of benzene rings is 1. The Morgan fingerprint density at radius 1 is 1.26 bits per heavy atom. The van der Waals surface area contributed by atoms with Gasteiger partial charge in [-0.25, -0.2) is 13.2 Å². The molecule has 0 N–H and O–H groups in total. The highest BCUT2D eigenvalue weighted by Crippen LogP contribution is 2.27. The second-order valence-corrected chi connectivity index (χ2v) is 6.98. The summed E-state index contributed by atoms with van der Waals surface area (Å²) in [5.74, 6) is -3.21. The van der Waals surface area contributed by atoms with Crippen molar-refractivity contribution in [2.24, 2.45) is 0 Å². The van der Waals surface area contributed by atoms with Crippen molar-refractivity contribution in [1.82, 2.24) is 4.90 Å². The predicted octanol–water partition coefficient (Wildman–Crippen LogP) is 3.23. The van der Waals surface area contributed by atoms with Crippen molar-refractivity contribution in [2.75, 3.05) is 24.7 Å². The molecule has 0 aliphatic carbocycles. The molecule has 7 heteroatoms. The van der Waals surface area contributed by atoms with E-state index >= 15 is 0 Å². The first-order chi connectivity index (χ1) is 11.1. The molecule has 0 radical (unpaired) electrons. The van der Waals surface area contributed by atoms with Gasteiger partial charge in [-0.1, -0.05) is 0 Å². The van der Waals surface area contributed by atoms with Crippen LogP contribution in [-0.2, 0) is 4.74 Å². The number of ether oxygens (including phenoxy) is 1. The number of carbonyl (C=O) groups excluding carboxylic acids is 1. The minimum absolute atomic E-state index is 0.0239. The Morgan fingerprint density at radius 2 is 2.09 bits per heavy atom. The topological polar surface area (TPSA) is 29.5 Å². The van der Waals surface area contributed by atoms with E-state index in [0.717, 1.165) is 42.9 Å². The van der Waals surface area contributed by atoms with E-state index in [2.05, 4.69) is 0 Å². The summed E-state index contributed by atoms with van der Waals surface area (Å²) in [6.45, 7) is 1.02. The summed E-state index contributed by atoms with van der Waals surface area (Å²) in [4.78, 5) is 14.3. The summed E-state index contributed by atoms with van der Waals surface area (Å²) < 4.78 is 46.1. The van der Waals surface area contributed by atoms with Crippen molar-refractivity contribution in [2.45, 2.75) is 31.4 Å². The lowest BCUT2D eigenvalue weighted by atomic mass is 10.1. The second-order valence-electron chi connectivity index (χ2n) is 5.83. The first-order valence-corrected chi connectivity index (χ1v) is 8.87. The van der Waals surface area contributed by atoms with E-state index in [-0.39, 0.29) is 12.1 Å². The molecule has 0 saturated carbocycles. The van der Waals surface area contributed by atoms with Crippen LogP contribution >= 0.6 is 11.8 Å². The molecule has 1 aromatic rings. The molecule has 2 saturated heterocycles. The summed E-state index contributed by atoms with van der Waals surface area (Å²) in [7, 11) is 0. The Bertz CT molecular complexity index is 587. The minimum atomic E-state index is -1.60. The normalized spacial score (nSPS) is 24.1. The molecule has 0 spiro atoms. The highest BCUT2D eigenvalue weighted by molar-refractivity contribution is 7.99. The van der Waals surface area contributed by atoms with Crippen molar-refractivity contribution in [3.05, 3.63) is 35.1 Å². The number of rotatable bonds is 4. The van der Waals surface area contributed by atoms with Gasteiger partial charge < -0.3 is 9.64 Å². The van der Waals surface area contributed by atoms with Crippen LogP contribution in [-0.4, -0.2) is 47.6 Å². The Balaban J connectivity index is 1.85. The van der Waals surface area contributed by atoms with E-state index in [4.69, 9.17) is 4.74 Å². The zero-order valence-electron chi connectivity index (χ0n) is 12.6. The van der Waals surface area contributed by atoms with Crippen molar-refractivity contribution >= 4 is 17.7 Å². The molecule has 2 atom stereocenters. The molecule has 1 amide bonds. The Kier molecular flexibility index (Phi) is 5.16. The van der Waals surface area contributed by atoms with Crippen LogP contribution in [0.25, 0.3) is 0 Å². The van der Waals surface area contributed by atoms with Crippen molar-refractivity contribution < 1.29 is 22.7 Å². The van der Waals surface area contributed by atoms with Gasteiger partial charge in [0.05, 0.1) is 11.7 Å². The fourth-order valence-electron chi connectivity index (χ4n) is 3.02. The smallest absolute Gasteiger partial charge is 0.257 e. The fourth-order valence-corrected chi connectivity index (χ4v) is 4.24. The van der Waals surface area contributed by atoms with Crippen molar-refractivity contribution in [3.63, 3.8) is 0 Å². The lowest BCUT2D eigenvalue weighted by Gasteiger charge is -2.31. The lowest BCUT2D eigenvalue weighted by molar-refractivity contribution is 0.0437. The maximum atomic E-state index is 14.0. The molecule has 2 aliphatic rings. The summed E-state index contributed by atoms with van der Waals surface area (Å²) in [5, 5.41) is 0. The maximum Gasteiger partial charge on any atom is 0.257 e. The van der Waals surface area contributed by atoms with E-state index < -0.39 is 28.9 Å². The molecule has 3 nitrogen and oxygen atoms in total. The number of hydrogen-bond acceptors (Lipinski definition) is 3. The third kappa shape index (κ3) is 3.50. The number of halogens is 3. The number of thioether (sulfide) groups is 1. The SMILES string of the molecule is O=C(c1ccc(F)c(F)c1F)N(C[C@@H]1CCCO1)[C@@H]1CCSC1. The van der Waals surface area contributed by atoms with Crippen LogP contribution in [0.3, 0.4) is 0 Å². The zero-order valence-corrected chi connectivity index (χ0v) is 13.4. The first-order valence-electron chi connectivity index (χ1n) is 7.71. The highest BCUT2D eigenvalue weighted by Gasteiger charge is 2.33. The van der Waals surface area contributed by atoms with E-state index in [9.17, 15) is 18.0 Å². The van der Waals surface area contributed by atoms with Crippen molar-refractivity contribution in [3.8, 4) is 0 Å². The molecule has 0 unspecified atom stereocenters. The van der Waals surface area contributed by atoms with Crippen LogP contribution in [0.2, 0.25) is 0 Å². The summed E-state index contributed by atoms with van der Waals surface area (Å²) in [6, 6.07) is 1.78.